The molecule has 0 unspecified atom stereocenters. The summed E-state index contributed by atoms with van der Waals surface area (Å²) < 4.78 is 5.29. The van der Waals surface area contributed by atoms with E-state index in [-0.39, 0.29) is 5.91 Å². The van der Waals surface area contributed by atoms with Crippen molar-refractivity contribution in [3.63, 3.8) is 0 Å². The van der Waals surface area contributed by atoms with Gasteiger partial charge in [-0.05, 0) is 26.3 Å². The van der Waals surface area contributed by atoms with Crippen LogP contribution in [-0.2, 0) is 9.53 Å². The van der Waals surface area contributed by atoms with E-state index < -0.39 is 17.7 Å². The molecule has 0 bridgehead atoms. The van der Waals surface area contributed by atoms with Crippen LogP contribution in [0.3, 0.4) is 0 Å². The minimum absolute atomic E-state index is 0.197. The second-order valence-electron chi connectivity index (χ2n) is 6.57. The first-order valence-corrected chi connectivity index (χ1v) is 7.76. The van der Waals surface area contributed by atoms with Crippen LogP contribution < -0.4 is 0 Å². The lowest BCUT2D eigenvalue weighted by Crippen LogP contribution is -2.54. The molecule has 1 fully saturated rings. The van der Waals surface area contributed by atoms with E-state index in [1.807, 2.05) is 18.2 Å². The van der Waals surface area contributed by atoms with E-state index in [9.17, 15) is 14.7 Å². The highest BCUT2D eigenvalue weighted by Gasteiger charge is 2.40. The number of ether oxygens (including phenoxy) is 1. The number of carboxylic acid groups (broad SMARTS) is 1. The Labute approximate surface area is 136 Å². The van der Waals surface area contributed by atoms with Crippen molar-refractivity contribution < 1.29 is 19.4 Å². The Morgan fingerprint density at radius 2 is 1.74 bits per heavy atom. The summed E-state index contributed by atoms with van der Waals surface area (Å²) in [5, 5.41) is 9.72. The van der Waals surface area contributed by atoms with Gasteiger partial charge in [-0.25, -0.2) is 4.79 Å². The van der Waals surface area contributed by atoms with Gasteiger partial charge in [-0.15, -0.1) is 0 Å². The molecule has 1 saturated heterocycles. The molecule has 1 aromatic carbocycles. The zero-order chi connectivity index (χ0) is 17.0. The number of nitrogens with zero attached hydrogens (tertiary/aromatic N) is 2. The highest BCUT2D eigenvalue weighted by molar-refractivity contribution is 5.87. The molecule has 1 heterocycles. The number of carbonyl (C=O) groups is 2. The second kappa shape index (κ2) is 7.00. The van der Waals surface area contributed by atoms with Gasteiger partial charge in [0.15, 0.2) is 0 Å². The standard InChI is InChI=1S/C17H24N2O4/c1-17(2,3)19(16(21)22)14(13-7-5-4-6-8-13)15(20)18-9-11-23-12-10-18/h4-8,14H,9-12H2,1-3H3,(H,21,22)/t14-/m0/s1. The van der Waals surface area contributed by atoms with Gasteiger partial charge in [0.1, 0.15) is 6.04 Å². The SMILES string of the molecule is CC(C)(C)N(C(=O)O)[C@H](C(=O)N1CCOCC1)c1ccccc1. The van der Waals surface area contributed by atoms with Crippen molar-refractivity contribution >= 4 is 12.0 Å². The maximum atomic E-state index is 13.1. The van der Waals surface area contributed by atoms with Gasteiger partial charge in [-0.2, -0.15) is 0 Å². The summed E-state index contributed by atoms with van der Waals surface area (Å²) in [6, 6.07) is 8.22. The second-order valence-corrected chi connectivity index (χ2v) is 6.57. The molecule has 1 N–H and O–H groups in total. The van der Waals surface area contributed by atoms with Crippen LogP contribution in [0.25, 0.3) is 0 Å². The summed E-state index contributed by atoms with van der Waals surface area (Å²) >= 11 is 0. The molecule has 6 heteroatoms. The molecule has 126 valence electrons. The fourth-order valence-electron chi connectivity index (χ4n) is 2.78. The Morgan fingerprint density at radius 1 is 1.17 bits per heavy atom. The lowest BCUT2D eigenvalue weighted by atomic mass is 9.97. The fourth-order valence-corrected chi connectivity index (χ4v) is 2.78. The predicted octanol–water partition coefficient (Wildman–Crippen LogP) is 2.37. The topological polar surface area (TPSA) is 70.1 Å². The smallest absolute Gasteiger partial charge is 0.408 e. The Balaban J connectivity index is 2.42. The van der Waals surface area contributed by atoms with Crippen LogP contribution in [0.5, 0.6) is 0 Å². The molecule has 0 aromatic heterocycles. The summed E-state index contributed by atoms with van der Waals surface area (Å²) in [7, 11) is 0. The lowest BCUT2D eigenvalue weighted by Gasteiger charge is -2.41. The molecule has 6 nitrogen and oxygen atoms in total. The monoisotopic (exact) mass is 320 g/mol. The van der Waals surface area contributed by atoms with E-state index in [4.69, 9.17) is 4.74 Å². The Morgan fingerprint density at radius 3 is 2.22 bits per heavy atom. The van der Waals surface area contributed by atoms with Crippen molar-refractivity contribution in [2.75, 3.05) is 26.3 Å². The molecule has 1 aliphatic rings. The Hall–Kier alpha value is -2.08. The summed E-state index contributed by atoms with van der Waals surface area (Å²) in [5.41, 5.74) is -0.0183. The third-order valence-corrected chi connectivity index (χ3v) is 3.86. The molecule has 0 spiro atoms. The van der Waals surface area contributed by atoms with Crippen LogP contribution in [0.4, 0.5) is 4.79 Å². The highest BCUT2D eigenvalue weighted by atomic mass is 16.5. The van der Waals surface area contributed by atoms with Crippen molar-refractivity contribution in [1.82, 2.24) is 9.80 Å². The maximum Gasteiger partial charge on any atom is 0.408 e. The van der Waals surface area contributed by atoms with E-state index in [1.165, 1.54) is 4.90 Å². The average molecular weight is 320 g/mol. The van der Waals surface area contributed by atoms with Gasteiger partial charge in [0, 0.05) is 18.6 Å². The number of benzene rings is 1. The van der Waals surface area contributed by atoms with Crippen molar-refractivity contribution in [3.05, 3.63) is 35.9 Å². The van der Waals surface area contributed by atoms with Gasteiger partial charge in [0.25, 0.3) is 0 Å². The maximum absolute atomic E-state index is 13.1. The molecule has 1 aliphatic heterocycles. The molecule has 1 aromatic rings. The van der Waals surface area contributed by atoms with Gasteiger partial charge in [0.05, 0.1) is 13.2 Å². The molecule has 0 aliphatic carbocycles. The summed E-state index contributed by atoms with van der Waals surface area (Å²) in [6.07, 6.45) is -1.10. The number of amides is 2. The first kappa shape index (κ1) is 17.3. The average Bonchev–Trinajstić information content (AvgIpc) is 2.52. The molecule has 2 amide bonds. The number of morpholine rings is 1. The minimum Gasteiger partial charge on any atom is -0.465 e. The van der Waals surface area contributed by atoms with Gasteiger partial charge in [0.2, 0.25) is 5.91 Å². The zero-order valence-electron chi connectivity index (χ0n) is 13.9. The normalized spacial score (nSPS) is 16.7. The Kier molecular flexibility index (Phi) is 5.26. The molecular weight excluding hydrogens is 296 g/mol. The van der Waals surface area contributed by atoms with Gasteiger partial charge in [-0.1, -0.05) is 30.3 Å². The van der Waals surface area contributed by atoms with Crippen LogP contribution >= 0.6 is 0 Å². The third kappa shape index (κ3) is 4.01. The molecule has 23 heavy (non-hydrogen) atoms. The number of hydrogen-bond acceptors (Lipinski definition) is 3. The number of rotatable bonds is 3. The van der Waals surface area contributed by atoms with Crippen LogP contribution in [0.2, 0.25) is 0 Å². The molecule has 1 atom stereocenters. The Bertz CT molecular complexity index is 547. The minimum atomic E-state index is -1.10. The van der Waals surface area contributed by atoms with Crippen LogP contribution in [0.1, 0.15) is 32.4 Å². The van der Waals surface area contributed by atoms with Gasteiger partial charge in [-0.3, -0.25) is 9.69 Å². The molecule has 0 radical (unpaired) electrons. The summed E-state index contributed by atoms with van der Waals surface area (Å²) in [5.74, 6) is -0.197. The van der Waals surface area contributed by atoms with Crippen molar-refractivity contribution in [3.8, 4) is 0 Å². The van der Waals surface area contributed by atoms with E-state index >= 15 is 0 Å². The van der Waals surface area contributed by atoms with E-state index in [0.29, 0.717) is 31.9 Å². The van der Waals surface area contributed by atoms with Crippen molar-refractivity contribution in [1.29, 1.82) is 0 Å². The van der Waals surface area contributed by atoms with Crippen LogP contribution in [0.15, 0.2) is 30.3 Å². The van der Waals surface area contributed by atoms with E-state index in [0.717, 1.165) is 0 Å². The van der Waals surface area contributed by atoms with E-state index in [1.54, 1.807) is 37.8 Å². The summed E-state index contributed by atoms with van der Waals surface area (Å²) in [4.78, 5) is 27.9. The van der Waals surface area contributed by atoms with Crippen LogP contribution in [-0.4, -0.2) is 58.7 Å². The first-order chi connectivity index (χ1) is 10.8. The van der Waals surface area contributed by atoms with Gasteiger partial charge >= 0.3 is 6.09 Å². The lowest BCUT2D eigenvalue weighted by molar-refractivity contribution is -0.142. The highest BCUT2D eigenvalue weighted by Crippen LogP contribution is 2.30. The van der Waals surface area contributed by atoms with E-state index in [2.05, 4.69) is 0 Å². The van der Waals surface area contributed by atoms with Crippen molar-refractivity contribution in [2.45, 2.75) is 32.4 Å². The van der Waals surface area contributed by atoms with Crippen LogP contribution in [0, 0.1) is 0 Å². The number of hydrogen-bond donors (Lipinski definition) is 1. The molecular formula is C17H24N2O4. The zero-order valence-corrected chi connectivity index (χ0v) is 13.9. The van der Waals surface area contributed by atoms with Gasteiger partial charge < -0.3 is 14.7 Å². The quantitative estimate of drug-likeness (QED) is 0.928. The predicted molar refractivity (Wildman–Crippen MR) is 86.2 cm³/mol. The fraction of sp³-hybridized carbons (Fsp3) is 0.529. The van der Waals surface area contributed by atoms with Crippen molar-refractivity contribution in [2.24, 2.45) is 0 Å². The largest absolute Gasteiger partial charge is 0.465 e. The molecule has 2 rings (SSSR count). The third-order valence-electron chi connectivity index (χ3n) is 3.86. The summed E-state index contributed by atoms with van der Waals surface area (Å²) in [6.45, 7) is 7.32. The number of carbonyl (C=O) groups excluding carboxylic acids is 1. The molecule has 0 saturated carbocycles. The first-order valence-electron chi connectivity index (χ1n) is 7.76.